The molecule has 0 aliphatic carbocycles. The molecular formula is C15H26N2O5. The lowest BCUT2D eigenvalue weighted by atomic mass is 9.84. The summed E-state index contributed by atoms with van der Waals surface area (Å²) in [5.74, 6) is -0.502. The van der Waals surface area contributed by atoms with E-state index < -0.39 is 29.3 Å². The van der Waals surface area contributed by atoms with Gasteiger partial charge in [0.25, 0.3) is 0 Å². The Kier molecular flexibility index (Phi) is 5.12. The smallest absolute Gasteiger partial charge is 0.426 e. The van der Waals surface area contributed by atoms with E-state index in [1.807, 2.05) is 0 Å². The highest BCUT2D eigenvalue weighted by Crippen LogP contribution is 2.42. The lowest BCUT2D eigenvalue weighted by Crippen LogP contribution is -2.50. The van der Waals surface area contributed by atoms with Gasteiger partial charge in [0.1, 0.15) is 5.60 Å². The van der Waals surface area contributed by atoms with Crippen LogP contribution in [0, 0.1) is 5.41 Å². The minimum atomic E-state index is -1.10. The largest absolute Gasteiger partial charge is 0.463 e. The second-order valence-corrected chi connectivity index (χ2v) is 6.76. The number of ether oxygens (including phenoxy) is 2. The van der Waals surface area contributed by atoms with Gasteiger partial charge in [-0.2, -0.15) is 0 Å². The number of aliphatic hydroxyl groups is 1. The second-order valence-electron chi connectivity index (χ2n) is 6.76. The molecule has 1 heterocycles. The first-order valence-electron chi connectivity index (χ1n) is 7.27. The molecule has 1 aliphatic rings. The first-order valence-corrected chi connectivity index (χ1v) is 7.27. The van der Waals surface area contributed by atoms with Gasteiger partial charge in [0.05, 0.1) is 12.2 Å². The van der Waals surface area contributed by atoms with Crippen LogP contribution in [0.25, 0.3) is 0 Å². The molecule has 0 aromatic carbocycles. The average Bonchev–Trinajstić information content (AvgIpc) is 2.47. The van der Waals surface area contributed by atoms with Crippen molar-refractivity contribution in [3.05, 3.63) is 11.3 Å². The highest BCUT2D eigenvalue weighted by molar-refractivity contribution is 5.91. The van der Waals surface area contributed by atoms with Gasteiger partial charge in [-0.05, 0) is 34.6 Å². The van der Waals surface area contributed by atoms with E-state index in [9.17, 15) is 14.7 Å². The molecule has 0 aromatic rings. The summed E-state index contributed by atoms with van der Waals surface area (Å²) in [6.45, 7) is 12.2. The number of hydrogen-bond acceptors (Lipinski definition) is 6. The molecule has 7 nitrogen and oxygen atoms in total. The van der Waals surface area contributed by atoms with Crippen molar-refractivity contribution in [1.82, 2.24) is 10.4 Å². The van der Waals surface area contributed by atoms with E-state index in [1.165, 1.54) is 5.01 Å². The zero-order valence-electron chi connectivity index (χ0n) is 14.3. The van der Waals surface area contributed by atoms with Crippen molar-refractivity contribution in [2.75, 3.05) is 6.61 Å². The average molecular weight is 314 g/mol. The zero-order valence-corrected chi connectivity index (χ0v) is 14.3. The van der Waals surface area contributed by atoms with Crippen LogP contribution in [0.1, 0.15) is 48.5 Å². The number of allylic oxidation sites excluding steroid dienone is 1. The van der Waals surface area contributed by atoms with Crippen molar-refractivity contribution in [2.24, 2.45) is 5.41 Å². The molecule has 126 valence electrons. The third-order valence-corrected chi connectivity index (χ3v) is 3.35. The Morgan fingerprint density at radius 2 is 1.91 bits per heavy atom. The van der Waals surface area contributed by atoms with Crippen molar-refractivity contribution in [3.8, 4) is 0 Å². The Bertz CT molecular complexity index is 491. The van der Waals surface area contributed by atoms with Crippen LogP contribution in [-0.2, 0) is 14.3 Å². The summed E-state index contributed by atoms with van der Waals surface area (Å²) in [6, 6.07) is 0. The van der Waals surface area contributed by atoms with E-state index >= 15 is 0 Å². The summed E-state index contributed by atoms with van der Waals surface area (Å²) < 4.78 is 10.2. The molecular weight excluding hydrogens is 288 g/mol. The van der Waals surface area contributed by atoms with E-state index in [2.05, 4.69) is 5.43 Å². The molecule has 0 radical (unpaired) electrons. The van der Waals surface area contributed by atoms with Gasteiger partial charge in [-0.25, -0.2) is 15.0 Å². The number of nitrogens with one attached hydrogen (secondary N) is 1. The quantitative estimate of drug-likeness (QED) is 0.774. The number of carbonyl (C=O) groups is 2. The lowest BCUT2D eigenvalue weighted by Gasteiger charge is -2.32. The normalized spacial score (nSPS) is 20.9. The number of amides is 1. The fourth-order valence-electron chi connectivity index (χ4n) is 2.38. The summed E-state index contributed by atoms with van der Waals surface area (Å²) in [5.41, 5.74) is 1.69. The zero-order chi connectivity index (χ0) is 17.3. The van der Waals surface area contributed by atoms with Crippen LogP contribution in [0.4, 0.5) is 4.79 Å². The van der Waals surface area contributed by atoms with Gasteiger partial charge in [0.15, 0.2) is 6.23 Å². The van der Waals surface area contributed by atoms with Gasteiger partial charge >= 0.3 is 12.1 Å². The van der Waals surface area contributed by atoms with Crippen LogP contribution < -0.4 is 5.43 Å². The SMILES string of the molecule is CCOC(=O)C1=C(C)N(NC(=O)OC(C)(C)C)C(O)C1(C)C. The maximum Gasteiger partial charge on any atom is 0.426 e. The molecule has 22 heavy (non-hydrogen) atoms. The maximum absolute atomic E-state index is 12.1. The number of hydrazine groups is 1. The number of aliphatic hydroxyl groups excluding tert-OH is 1. The Balaban J connectivity index is 3.01. The van der Waals surface area contributed by atoms with Crippen LogP contribution in [0.2, 0.25) is 0 Å². The van der Waals surface area contributed by atoms with Gasteiger partial charge in [-0.3, -0.25) is 5.01 Å². The Hall–Kier alpha value is -1.76. The molecule has 0 aromatic heterocycles. The third-order valence-electron chi connectivity index (χ3n) is 3.35. The summed E-state index contributed by atoms with van der Waals surface area (Å²) in [5, 5.41) is 11.7. The van der Waals surface area contributed by atoms with Crippen LogP contribution >= 0.6 is 0 Å². The molecule has 1 rings (SSSR count). The molecule has 1 aliphatic heterocycles. The molecule has 0 saturated heterocycles. The molecule has 0 saturated carbocycles. The third kappa shape index (κ3) is 3.71. The number of nitrogens with zero attached hydrogens (tertiary/aromatic N) is 1. The molecule has 1 amide bonds. The number of carbonyl (C=O) groups excluding carboxylic acids is 2. The topological polar surface area (TPSA) is 88.1 Å². The van der Waals surface area contributed by atoms with Crippen LogP contribution in [0.3, 0.4) is 0 Å². The van der Waals surface area contributed by atoms with Crippen molar-refractivity contribution in [3.63, 3.8) is 0 Å². The highest BCUT2D eigenvalue weighted by atomic mass is 16.6. The van der Waals surface area contributed by atoms with Crippen LogP contribution in [0.5, 0.6) is 0 Å². The van der Waals surface area contributed by atoms with E-state index in [1.54, 1.807) is 48.5 Å². The molecule has 1 unspecified atom stereocenters. The number of esters is 1. The first kappa shape index (κ1) is 18.3. The first-order chi connectivity index (χ1) is 9.91. The van der Waals surface area contributed by atoms with E-state index in [4.69, 9.17) is 9.47 Å². The van der Waals surface area contributed by atoms with E-state index in [-0.39, 0.29) is 6.61 Å². The molecule has 2 N–H and O–H groups in total. The minimum Gasteiger partial charge on any atom is -0.463 e. The summed E-state index contributed by atoms with van der Waals surface area (Å²) in [6.07, 6.45) is -1.80. The van der Waals surface area contributed by atoms with Gasteiger partial charge in [-0.15, -0.1) is 0 Å². The van der Waals surface area contributed by atoms with Crippen LogP contribution in [0.15, 0.2) is 11.3 Å². The maximum atomic E-state index is 12.1. The van der Waals surface area contributed by atoms with E-state index in [0.29, 0.717) is 11.3 Å². The predicted octanol–water partition coefficient (Wildman–Crippen LogP) is 1.92. The molecule has 7 heteroatoms. The highest BCUT2D eigenvalue weighted by Gasteiger charge is 2.49. The predicted molar refractivity (Wildman–Crippen MR) is 80.3 cm³/mol. The molecule has 1 atom stereocenters. The molecule has 0 spiro atoms. The molecule has 0 fully saturated rings. The van der Waals surface area contributed by atoms with Gasteiger partial charge in [0.2, 0.25) is 0 Å². The molecule has 0 bridgehead atoms. The Morgan fingerprint density at radius 1 is 1.36 bits per heavy atom. The van der Waals surface area contributed by atoms with Gasteiger partial charge in [-0.1, -0.05) is 13.8 Å². The van der Waals surface area contributed by atoms with Crippen LogP contribution in [-0.4, -0.2) is 40.6 Å². The van der Waals surface area contributed by atoms with Crippen molar-refractivity contribution >= 4 is 12.1 Å². The fourth-order valence-corrected chi connectivity index (χ4v) is 2.38. The number of rotatable bonds is 3. The standard InChI is InChI=1S/C15H26N2O5/c1-8-21-11(18)10-9(2)17(12(19)15(10,6)7)16-13(20)22-14(3,4)5/h12,19H,8H2,1-7H3,(H,16,20). The summed E-state index contributed by atoms with van der Waals surface area (Å²) in [4.78, 5) is 24.0. The fraction of sp³-hybridized carbons (Fsp3) is 0.733. The summed E-state index contributed by atoms with van der Waals surface area (Å²) >= 11 is 0. The lowest BCUT2D eigenvalue weighted by molar-refractivity contribution is -0.140. The van der Waals surface area contributed by atoms with E-state index in [0.717, 1.165) is 0 Å². The van der Waals surface area contributed by atoms with Crippen molar-refractivity contribution in [2.45, 2.75) is 60.3 Å². The van der Waals surface area contributed by atoms with Crippen molar-refractivity contribution < 1.29 is 24.2 Å². The van der Waals surface area contributed by atoms with Gasteiger partial charge in [0, 0.05) is 11.1 Å². The Labute approximate surface area is 131 Å². The number of hydrogen-bond donors (Lipinski definition) is 2. The van der Waals surface area contributed by atoms with Crippen molar-refractivity contribution in [1.29, 1.82) is 0 Å². The Morgan fingerprint density at radius 3 is 2.36 bits per heavy atom. The van der Waals surface area contributed by atoms with Gasteiger partial charge < -0.3 is 14.6 Å². The minimum absolute atomic E-state index is 0.237. The second kappa shape index (κ2) is 6.16. The monoisotopic (exact) mass is 314 g/mol. The summed E-state index contributed by atoms with van der Waals surface area (Å²) in [7, 11) is 0.